The molecule has 0 spiro atoms. The highest BCUT2D eigenvalue weighted by Crippen LogP contribution is 2.27. The summed E-state index contributed by atoms with van der Waals surface area (Å²) in [7, 11) is 3.85. The number of ether oxygens (including phenoxy) is 1. The third kappa shape index (κ3) is 4.22. The SMILES string of the molecule is COc1ccc(CN(C)CC(N)C2CCCC2)cc1. The lowest BCUT2D eigenvalue weighted by Gasteiger charge is -2.25. The van der Waals surface area contributed by atoms with Crippen LogP contribution in [0, 0.1) is 5.92 Å². The summed E-state index contributed by atoms with van der Waals surface area (Å²) < 4.78 is 5.17. The Morgan fingerprint density at radius 1 is 1.26 bits per heavy atom. The molecule has 2 rings (SSSR count). The second kappa shape index (κ2) is 6.92. The van der Waals surface area contributed by atoms with Gasteiger partial charge in [0.15, 0.2) is 0 Å². The molecule has 1 aromatic carbocycles. The molecule has 0 aliphatic heterocycles. The van der Waals surface area contributed by atoms with Gasteiger partial charge in [0.05, 0.1) is 7.11 Å². The fourth-order valence-corrected chi connectivity index (χ4v) is 3.00. The number of methoxy groups -OCH3 is 1. The minimum absolute atomic E-state index is 0.325. The zero-order chi connectivity index (χ0) is 13.7. The maximum Gasteiger partial charge on any atom is 0.118 e. The van der Waals surface area contributed by atoms with Gasteiger partial charge in [0.25, 0.3) is 0 Å². The van der Waals surface area contributed by atoms with Gasteiger partial charge in [0, 0.05) is 19.1 Å². The van der Waals surface area contributed by atoms with E-state index in [9.17, 15) is 0 Å². The Kier molecular flexibility index (Phi) is 5.23. The number of likely N-dealkylation sites (N-methyl/N-ethyl adjacent to an activating group) is 1. The topological polar surface area (TPSA) is 38.5 Å². The predicted molar refractivity (Wildman–Crippen MR) is 79.3 cm³/mol. The van der Waals surface area contributed by atoms with Crippen LogP contribution < -0.4 is 10.5 Å². The molecule has 1 aliphatic rings. The summed E-state index contributed by atoms with van der Waals surface area (Å²) in [5.41, 5.74) is 7.62. The van der Waals surface area contributed by atoms with Gasteiger partial charge < -0.3 is 15.4 Å². The van der Waals surface area contributed by atoms with E-state index in [1.807, 2.05) is 12.1 Å². The van der Waals surface area contributed by atoms with Crippen molar-refractivity contribution >= 4 is 0 Å². The first-order valence-corrected chi connectivity index (χ1v) is 7.26. The van der Waals surface area contributed by atoms with E-state index in [2.05, 4.69) is 24.1 Å². The molecule has 3 heteroatoms. The molecule has 0 radical (unpaired) electrons. The van der Waals surface area contributed by atoms with Crippen LogP contribution in [0.2, 0.25) is 0 Å². The van der Waals surface area contributed by atoms with E-state index in [4.69, 9.17) is 10.5 Å². The maximum absolute atomic E-state index is 6.32. The van der Waals surface area contributed by atoms with Crippen LogP contribution in [0.25, 0.3) is 0 Å². The van der Waals surface area contributed by atoms with Gasteiger partial charge in [-0.25, -0.2) is 0 Å². The summed E-state index contributed by atoms with van der Waals surface area (Å²) in [6, 6.07) is 8.60. The first-order chi connectivity index (χ1) is 9.19. The molecule has 0 saturated heterocycles. The molecule has 1 fully saturated rings. The molecule has 0 heterocycles. The Bertz CT molecular complexity index is 371. The third-order valence-corrected chi connectivity index (χ3v) is 4.14. The number of hydrogen-bond donors (Lipinski definition) is 1. The van der Waals surface area contributed by atoms with Crippen molar-refractivity contribution in [3.05, 3.63) is 29.8 Å². The van der Waals surface area contributed by atoms with Crippen LogP contribution >= 0.6 is 0 Å². The van der Waals surface area contributed by atoms with E-state index in [0.717, 1.165) is 24.8 Å². The lowest BCUT2D eigenvalue weighted by atomic mass is 9.98. The Hall–Kier alpha value is -1.06. The smallest absolute Gasteiger partial charge is 0.118 e. The van der Waals surface area contributed by atoms with E-state index < -0.39 is 0 Å². The van der Waals surface area contributed by atoms with Gasteiger partial charge in [0.2, 0.25) is 0 Å². The van der Waals surface area contributed by atoms with E-state index in [0.29, 0.717) is 6.04 Å². The Morgan fingerprint density at radius 3 is 2.47 bits per heavy atom. The van der Waals surface area contributed by atoms with Crippen LogP contribution in [-0.2, 0) is 6.54 Å². The van der Waals surface area contributed by atoms with Crippen LogP contribution in [0.15, 0.2) is 24.3 Å². The van der Waals surface area contributed by atoms with Crippen molar-refractivity contribution in [2.45, 2.75) is 38.3 Å². The van der Waals surface area contributed by atoms with Crippen LogP contribution in [-0.4, -0.2) is 31.6 Å². The van der Waals surface area contributed by atoms with Crippen molar-refractivity contribution < 1.29 is 4.74 Å². The van der Waals surface area contributed by atoms with Crippen molar-refractivity contribution in [1.29, 1.82) is 0 Å². The molecule has 0 aromatic heterocycles. The Morgan fingerprint density at radius 2 is 1.89 bits per heavy atom. The summed E-state index contributed by atoms with van der Waals surface area (Å²) in [5.74, 6) is 1.65. The quantitative estimate of drug-likeness (QED) is 0.856. The molecule has 0 amide bonds. The Balaban J connectivity index is 1.80. The van der Waals surface area contributed by atoms with Crippen molar-refractivity contribution in [3.63, 3.8) is 0 Å². The fourth-order valence-electron chi connectivity index (χ4n) is 3.00. The highest BCUT2D eigenvalue weighted by atomic mass is 16.5. The number of nitrogens with two attached hydrogens (primary N) is 1. The highest BCUT2D eigenvalue weighted by molar-refractivity contribution is 5.27. The summed E-state index contributed by atoms with van der Waals surface area (Å²) >= 11 is 0. The number of hydrogen-bond acceptors (Lipinski definition) is 3. The molecule has 1 aliphatic carbocycles. The van der Waals surface area contributed by atoms with Gasteiger partial charge in [-0.05, 0) is 43.5 Å². The zero-order valence-corrected chi connectivity index (χ0v) is 12.1. The van der Waals surface area contributed by atoms with Crippen molar-refractivity contribution in [2.24, 2.45) is 11.7 Å². The summed E-state index contributed by atoms with van der Waals surface area (Å²) in [4.78, 5) is 2.32. The number of rotatable bonds is 6. The van der Waals surface area contributed by atoms with Crippen LogP contribution in [0.3, 0.4) is 0 Å². The minimum atomic E-state index is 0.325. The van der Waals surface area contributed by atoms with Crippen molar-refractivity contribution in [1.82, 2.24) is 4.90 Å². The maximum atomic E-state index is 6.32. The molecule has 19 heavy (non-hydrogen) atoms. The first kappa shape index (κ1) is 14.4. The van der Waals surface area contributed by atoms with Crippen LogP contribution in [0.1, 0.15) is 31.2 Å². The van der Waals surface area contributed by atoms with Gasteiger partial charge in [-0.2, -0.15) is 0 Å². The summed E-state index contributed by atoms with van der Waals surface area (Å²) in [6.07, 6.45) is 5.36. The van der Waals surface area contributed by atoms with Crippen molar-refractivity contribution in [3.8, 4) is 5.75 Å². The monoisotopic (exact) mass is 262 g/mol. The molecular formula is C16H26N2O. The molecule has 1 aromatic rings. The molecular weight excluding hydrogens is 236 g/mol. The molecule has 1 atom stereocenters. The minimum Gasteiger partial charge on any atom is -0.497 e. The van der Waals surface area contributed by atoms with Crippen LogP contribution in [0.5, 0.6) is 5.75 Å². The largest absolute Gasteiger partial charge is 0.497 e. The van der Waals surface area contributed by atoms with Crippen LogP contribution in [0.4, 0.5) is 0 Å². The van der Waals surface area contributed by atoms with Gasteiger partial charge >= 0.3 is 0 Å². The van der Waals surface area contributed by atoms with E-state index in [1.165, 1.54) is 31.2 Å². The van der Waals surface area contributed by atoms with Crippen molar-refractivity contribution in [2.75, 3.05) is 20.7 Å². The summed E-state index contributed by atoms with van der Waals surface area (Å²) in [5, 5.41) is 0. The van der Waals surface area contributed by atoms with Gasteiger partial charge in [-0.1, -0.05) is 25.0 Å². The van der Waals surface area contributed by atoms with Gasteiger partial charge in [0.1, 0.15) is 5.75 Å². The second-order valence-corrected chi connectivity index (χ2v) is 5.75. The second-order valence-electron chi connectivity index (χ2n) is 5.75. The molecule has 3 nitrogen and oxygen atoms in total. The number of nitrogens with zero attached hydrogens (tertiary/aromatic N) is 1. The van der Waals surface area contributed by atoms with Gasteiger partial charge in [-0.15, -0.1) is 0 Å². The average molecular weight is 262 g/mol. The molecule has 2 N–H and O–H groups in total. The highest BCUT2D eigenvalue weighted by Gasteiger charge is 2.22. The zero-order valence-electron chi connectivity index (χ0n) is 12.1. The normalized spacial score (nSPS) is 17.9. The standard InChI is InChI=1S/C16H26N2O/c1-18(12-16(17)14-5-3-4-6-14)11-13-7-9-15(19-2)10-8-13/h7-10,14,16H,3-6,11-12,17H2,1-2H3. The van der Waals surface area contributed by atoms with Gasteiger partial charge in [-0.3, -0.25) is 0 Å². The fraction of sp³-hybridized carbons (Fsp3) is 0.625. The third-order valence-electron chi connectivity index (χ3n) is 4.14. The predicted octanol–water partition coefficient (Wildman–Crippen LogP) is 2.64. The Labute approximate surface area is 116 Å². The molecule has 1 unspecified atom stereocenters. The lowest BCUT2D eigenvalue weighted by Crippen LogP contribution is -2.39. The molecule has 0 bridgehead atoms. The van der Waals surface area contributed by atoms with E-state index in [-0.39, 0.29) is 0 Å². The first-order valence-electron chi connectivity index (χ1n) is 7.26. The summed E-state index contributed by atoms with van der Waals surface area (Å²) in [6.45, 7) is 1.93. The lowest BCUT2D eigenvalue weighted by molar-refractivity contribution is 0.264. The van der Waals surface area contributed by atoms with E-state index >= 15 is 0 Å². The molecule has 1 saturated carbocycles. The van der Waals surface area contributed by atoms with E-state index in [1.54, 1.807) is 7.11 Å². The number of benzene rings is 1. The molecule has 106 valence electrons. The average Bonchev–Trinajstić information content (AvgIpc) is 2.93.